The van der Waals surface area contributed by atoms with Crippen LogP contribution in [0.2, 0.25) is 0 Å². The summed E-state index contributed by atoms with van der Waals surface area (Å²) in [7, 11) is 0. The highest BCUT2D eigenvalue weighted by atomic mass is 19.4. The summed E-state index contributed by atoms with van der Waals surface area (Å²) in [5, 5.41) is 0. The first-order valence-electron chi connectivity index (χ1n) is 6.03. The molecular formula is C13H15F3O4. The third-order valence-electron chi connectivity index (χ3n) is 2.24. The third-order valence-corrected chi connectivity index (χ3v) is 2.24. The highest BCUT2D eigenvalue weighted by Crippen LogP contribution is 2.33. The molecule has 0 spiro atoms. The minimum atomic E-state index is -4.84. The van der Waals surface area contributed by atoms with E-state index in [1.807, 2.05) is 0 Å². The number of rotatable bonds is 6. The minimum absolute atomic E-state index is 0.0186. The van der Waals surface area contributed by atoms with Crippen molar-refractivity contribution in [3.8, 4) is 11.5 Å². The van der Waals surface area contributed by atoms with Crippen LogP contribution in [0.4, 0.5) is 13.2 Å². The molecule has 7 heteroatoms. The minimum Gasteiger partial charge on any atom is -0.493 e. The van der Waals surface area contributed by atoms with Gasteiger partial charge in [0.05, 0.1) is 19.6 Å². The van der Waals surface area contributed by atoms with Crippen molar-refractivity contribution in [1.29, 1.82) is 0 Å². The molecule has 0 amide bonds. The number of alkyl halides is 3. The van der Waals surface area contributed by atoms with Crippen LogP contribution in [-0.4, -0.2) is 25.5 Å². The molecule has 0 atom stereocenters. The molecule has 1 rings (SSSR count). The Morgan fingerprint density at radius 1 is 1.15 bits per heavy atom. The highest BCUT2D eigenvalue weighted by Gasteiger charge is 2.33. The van der Waals surface area contributed by atoms with E-state index in [4.69, 9.17) is 9.47 Å². The molecule has 0 aliphatic rings. The lowest BCUT2D eigenvalue weighted by Gasteiger charge is -2.16. The number of benzene rings is 1. The molecule has 0 bridgehead atoms. The van der Waals surface area contributed by atoms with Crippen molar-refractivity contribution in [2.24, 2.45) is 0 Å². The van der Waals surface area contributed by atoms with Crippen molar-refractivity contribution in [3.05, 3.63) is 23.8 Å². The number of hydrogen-bond acceptors (Lipinski definition) is 4. The number of esters is 1. The Hall–Kier alpha value is -1.92. The van der Waals surface area contributed by atoms with E-state index < -0.39 is 18.1 Å². The SMILES string of the molecule is CCOC(=O)Cc1c(OCC)cccc1OC(F)(F)F. The zero-order valence-corrected chi connectivity index (χ0v) is 11.1. The summed E-state index contributed by atoms with van der Waals surface area (Å²) in [6.07, 6.45) is -5.19. The van der Waals surface area contributed by atoms with Crippen LogP contribution in [0.5, 0.6) is 11.5 Å². The number of ether oxygens (including phenoxy) is 3. The second kappa shape index (κ2) is 7.02. The molecular weight excluding hydrogens is 277 g/mol. The molecule has 0 aromatic heterocycles. The topological polar surface area (TPSA) is 44.8 Å². The first kappa shape index (κ1) is 16.1. The van der Waals surface area contributed by atoms with Gasteiger partial charge in [0, 0.05) is 5.56 Å². The van der Waals surface area contributed by atoms with E-state index in [2.05, 4.69) is 4.74 Å². The fourth-order valence-corrected chi connectivity index (χ4v) is 1.59. The zero-order chi connectivity index (χ0) is 15.2. The smallest absolute Gasteiger partial charge is 0.493 e. The molecule has 0 fully saturated rings. The van der Waals surface area contributed by atoms with Crippen molar-refractivity contribution in [3.63, 3.8) is 0 Å². The van der Waals surface area contributed by atoms with Gasteiger partial charge in [-0.15, -0.1) is 13.2 Å². The summed E-state index contributed by atoms with van der Waals surface area (Å²) >= 11 is 0. The van der Waals surface area contributed by atoms with Crippen LogP contribution < -0.4 is 9.47 Å². The van der Waals surface area contributed by atoms with Gasteiger partial charge >= 0.3 is 12.3 Å². The molecule has 0 saturated carbocycles. The first-order chi connectivity index (χ1) is 9.37. The Bertz CT molecular complexity index is 457. The van der Waals surface area contributed by atoms with Crippen molar-refractivity contribution in [2.45, 2.75) is 26.6 Å². The average molecular weight is 292 g/mol. The van der Waals surface area contributed by atoms with Gasteiger partial charge in [0.2, 0.25) is 0 Å². The van der Waals surface area contributed by atoms with Gasteiger partial charge < -0.3 is 14.2 Å². The lowest BCUT2D eigenvalue weighted by molar-refractivity contribution is -0.275. The predicted molar refractivity (Wildman–Crippen MR) is 64.6 cm³/mol. The van der Waals surface area contributed by atoms with E-state index in [-0.39, 0.29) is 30.9 Å². The largest absolute Gasteiger partial charge is 0.573 e. The molecule has 1 aromatic carbocycles. The molecule has 0 saturated heterocycles. The first-order valence-corrected chi connectivity index (χ1v) is 6.03. The van der Waals surface area contributed by atoms with E-state index in [1.165, 1.54) is 12.1 Å². The van der Waals surface area contributed by atoms with E-state index in [1.54, 1.807) is 13.8 Å². The summed E-state index contributed by atoms with van der Waals surface area (Å²) in [5.74, 6) is -0.939. The molecule has 112 valence electrons. The quantitative estimate of drug-likeness (QED) is 0.756. The molecule has 0 N–H and O–H groups in total. The summed E-state index contributed by atoms with van der Waals surface area (Å²) in [6, 6.07) is 3.96. The molecule has 20 heavy (non-hydrogen) atoms. The van der Waals surface area contributed by atoms with Crippen molar-refractivity contribution >= 4 is 5.97 Å². The lowest BCUT2D eigenvalue weighted by Crippen LogP contribution is -2.19. The molecule has 1 aromatic rings. The fourth-order valence-electron chi connectivity index (χ4n) is 1.59. The van der Waals surface area contributed by atoms with Gasteiger partial charge in [0.25, 0.3) is 0 Å². The van der Waals surface area contributed by atoms with Crippen LogP contribution in [-0.2, 0) is 16.0 Å². The molecule has 0 aliphatic heterocycles. The van der Waals surface area contributed by atoms with Crippen LogP contribution >= 0.6 is 0 Å². The Kier molecular flexibility index (Phi) is 5.66. The second-order valence-corrected chi connectivity index (χ2v) is 3.70. The molecule has 0 aliphatic carbocycles. The van der Waals surface area contributed by atoms with Gasteiger partial charge in [0.15, 0.2) is 0 Å². The van der Waals surface area contributed by atoms with E-state index >= 15 is 0 Å². The van der Waals surface area contributed by atoms with Gasteiger partial charge in [-0.05, 0) is 26.0 Å². The molecule has 0 radical (unpaired) electrons. The summed E-state index contributed by atoms with van der Waals surface area (Å²) in [4.78, 5) is 11.5. The molecule has 4 nitrogen and oxygen atoms in total. The fraction of sp³-hybridized carbons (Fsp3) is 0.462. The number of hydrogen-bond donors (Lipinski definition) is 0. The standard InChI is InChI=1S/C13H15F3O4/c1-3-18-10-6-5-7-11(20-13(14,15)16)9(10)8-12(17)19-4-2/h5-7H,3-4,8H2,1-2H3. The summed E-state index contributed by atoms with van der Waals surface area (Å²) in [5.41, 5.74) is 0.0186. The summed E-state index contributed by atoms with van der Waals surface area (Å²) < 4.78 is 50.9. The van der Waals surface area contributed by atoms with Gasteiger partial charge in [-0.2, -0.15) is 0 Å². The average Bonchev–Trinajstić information content (AvgIpc) is 2.32. The van der Waals surface area contributed by atoms with Crippen LogP contribution in [0, 0.1) is 0 Å². The lowest BCUT2D eigenvalue weighted by atomic mass is 10.1. The van der Waals surface area contributed by atoms with Crippen molar-refractivity contribution in [1.82, 2.24) is 0 Å². The maximum Gasteiger partial charge on any atom is 0.573 e. The Labute approximate surface area is 114 Å². The van der Waals surface area contributed by atoms with Crippen molar-refractivity contribution < 1.29 is 32.2 Å². The monoisotopic (exact) mass is 292 g/mol. The van der Waals surface area contributed by atoms with Crippen LogP contribution in [0.3, 0.4) is 0 Å². The molecule has 0 unspecified atom stereocenters. The zero-order valence-electron chi connectivity index (χ0n) is 11.1. The van der Waals surface area contributed by atoms with Gasteiger partial charge in [-0.3, -0.25) is 4.79 Å². The molecule has 0 heterocycles. The number of carbonyl (C=O) groups is 1. The maximum atomic E-state index is 12.3. The van der Waals surface area contributed by atoms with Crippen molar-refractivity contribution in [2.75, 3.05) is 13.2 Å². The number of halogens is 3. The highest BCUT2D eigenvalue weighted by molar-refractivity contribution is 5.75. The Morgan fingerprint density at radius 2 is 1.80 bits per heavy atom. The van der Waals surface area contributed by atoms with Gasteiger partial charge in [-0.1, -0.05) is 6.07 Å². The van der Waals surface area contributed by atoms with Crippen LogP contribution in [0.15, 0.2) is 18.2 Å². The Balaban J connectivity index is 3.08. The second-order valence-electron chi connectivity index (χ2n) is 3.70. The van der Waals surface area contributed by atoms with Crippen LogP contribution in [0.1, 0.15) is 19.4 Å². The van der Waals surface area contributed by atoms with E-state index in [0.29, 0.717) is 0 Å². The van der Waals surface area contributed by atoms with Gasteiger partial charge in [0.1, 0.15) is 11.5 Å². The third kappa shape index (κ3) is 4.99. The van der Waals surface area contributed by atoms with E-state index in [0.717, 1.165) is 6.07 Å². The predicted octanol–water partition coefficient (Wildman–Crippen LogP) is 3.09. The summed E-state index contributed by atoms with van der Waals surface area (Å²) in [6.45, 7) is 3.70. The normalized spacial score (nSPS) is 11.1. The Morgan fingerprint density at radius 3 is 2.35 bits per heavy atom. The van der Waals surface area contributed by atoms with E-state index in [9.17, 15) is 18.0 Å². The van der Waals surface area contributed by atoms with Gasteiger partial charge in [-0.25, -0.2) is 0 Å². The van der Waals surface area contributed by atoms with Crippen LogP contribution in [0.25, 0.3) is 0 Å². The maximum absolute atomic E-state index is 12.3. The number of carbonyl (C=O) groups excluding carboxylic acids is 1.